The molecule has 2 amide bonds. The van der Waals surface area contributed by atoms with Crippen LogP contribution >= 0.6 is 15.9 Å². The minimum absolute atomic E-state index is 0.186. The summed E-state index contributed by atoms with van der Waals surface area (Å²) >= 11 is 3.49. The summed E-state index contributed by atoms with van der Waals surface area (Å²) in [6.07, 6.45) is 2.85. The summed E-state index contributed by atoms with van der Waals surface area (Å²) in [5, 5.41) is 3.46. The van der Waals surface area contributed by atoms with Crippen LogP contribution in [0.15, 0.2) is 34.9 Å². The summed E-state index contributed by atoms with van der Waals surface area (Å²) < 4.78 is 2.94. The number of hydrogen-bond donors (Lipinski definition) is 1. The van der Waals surface area contributed by atoms with E-state index >= 15 is 0 Å². The van der Waals surface area contributed by atoms with E-state index in [1.165, 1.54) is 0 Å². The Hall–Kier alpha value is -1.62. The molecule has 1 aliphatic heterocycles. The number of benzene rings is 1. The molecule has 0 bridgehead atoms. The lowest BCUT2D eigenvalue weighted by Crippen LogP contribution is -2.41. The maximum Gasteiger partial charge on any atom is 0.249 e. The van der Waals surface area contributed by atoms with E-state index in [1.54, 1.807) is 0 Å². The molecule has 2 heterocycles. The molecule has 92 valence electrons. The Bertz CT molecular complexity index is 647. The second-order valence-corrected chi connectivity index (χ2v) is 5.22. The Morgan fingerprint density at radius 1 is 1.28 bits per heavy atom. The molecule has 1 N–H and O–H groups in total. The molecular formula is C13H11BrN2O2. The van der Waals surface area contributed by atoms with Gasteiger partial charge in [-0.1, -0.05) is 22.0 Å². The number of halogens is 1. The van der Waals surface area contributed by atoms with E-state index in [0.29, 0.717) is 12.8 Å². The third kappa shape index (κ3) is 1.75. The zero-order valence-corrected chi connectivity index (χ0v) is 11.1. The lowest BCUT2D eigenvalue weighted by atomic mass is 10.1. The maximum atomic E-state index is 11.9. The van der Waals surface area contributed by atoms with E-state index in [4.69, 9.17) is 0 Å². The molecule has 2 aromatic rings. The molecule has 1 fully saturated rings. The van der Waals surface area contributed by atoms with Gasteiger partial charge in [0.15, 0.2) is 0 Å². The average molecular weight is 307 g/mol. The Balaban J connectivity index is 2.07. The van der Waals surface area contributed by atoms with E-state index < -0.39 is 0 Å². The monoisotopic (exact) mass is 306 g/mol. The highest BCUT2D eigenvalue weighted by atomic mass is 79.9. The molecule has 1 aromatic carbocycles. The fourth-order valence-electron chi connectivity index (χ4n) is 2.37. The third-order valence-corrected chi connectivity index (χ3v) is 3.95. The quantitative estimate of drug-likeness (QED) is 0.822. The number of carbonyl (C=O) groups is 2. The normalized spacial score (nSPS) is 20.2. The molecule has 18 heavy (non-hydrogen) atoms. The zero-order valence-electron chi connectivity index (χ0n) is 9.52. The van der Waals surface area contributed by atoms with Crippen molar-refractivity contribution in [1.82, 2.24) is 9.88 Å². The first-order chi connectivity index (χ1) is 8.66. The molecule has 1 aromatic heterocycles. The Kier molecular flexibility index (Phi) is 2.70. The lowest BCUT2D eigenvalue weighted by Gasteiger charge is -2.23. The van der Waals surface area contributed by atoms with Gasteiger partial charge in [0.1, 0.15) is 6.04 Å². The zero-order chi connectivity index (χ0) is 12.7. The van der Waals surface area contributed by atoms with Crippen LogP contribution in [0.4, 0.5) is 0 Å². The van der Waals surface area contributed by atoms with Gasteiger partial charge in [-0.3, -0.25) is 14.9 Å². The molecule has 3 rings (SSSR count). The van der Waals surface area contributed by atoms with E-state index in [-0.39, 0.29) is 17.9 Å². The predicted molar refractivity (Wildman–Crippen MR) is 71.1 cm³/mol. The number of fused-ring (bicyclic) bond motifs is 1. The van der Waals surface area contributed by atoms with Crippen LogP contribution in [0.1, 0.15) is 18.9 Å². The van der Waals surface area contributed by atoms with Crippen LogP contribution in [0.2, 0.25) is 0 Å². The van der Waals surface area contributed by atoms with Gasteiger partial charge < -0.3 is 4.57 Å². The fourth-order valence-corrected chi connectivity index (χ4v) is 2.86. The number of rotatable bonds is 1. The number of imide groups is 1. The van der Waals surface area contributed by atoms with Crippen molar-refractivity contribution in [1.29, 1.82) is 0 Å². The van der Waals surface area contributed by atoms with Gasteiger partial charge in [-0.05, 0) is 24.6 Å². The van der Waals surface area contributed by atoms with E-state index in [2.05, 4.69) is 21.2 Å². The fraction of sp³-hybridized carbons (Fsp3) is 0.231. The third-order valence-electron chi connectivity index (χ3n) is 3.26. The summed E-state index contributed by atoms with van der Waals surface area (Å²) in [7, 11) is 0. The van der Waals surface area contributed by atoms with Crippen LogP contribution in [0.3, 0.4) is 0 Å². The van der Waals surface area contributed by atoms with Crippen molar-refractivity contribution < 1.29 is 9.59 Å². The standard InChI is InChI=1S/C13H11BrN2O2/c14-9-2-1-3-10-8(9)6-7-16(10)11-4-5-12(17)15-13(11)18/h1-3,6-7,11H,4-5H2,(H,15,17,18). The van der Waals surface area contributed by atoms with Crippen molar-refractivity contribution in [2.45, 2.75) is 18.9 Å². The number of carbonyl (C=O) groups excluding carboxylic acids is 2. The van der Waals surface area contributed by atoms with E-state index in [0.717, 1.165) is 15.4 Å². The second-order valence-electron chi connectivity index (χ2n) is 4.36. The largest absolute Gasteiger partial charge is 0.335 e. The number of nitrogens with zero attached hydrogens (tertiary/aromatic N) is 1. The molecule has 4 nitrogen and oxygen atoms in total. The highest BCUT2D eigenvalue weighted by molar-refractivity contribution is 9.10. The maximum absolute atomic E-state index is 11.9. The van der Waals surface area contributed by atoms with Gasteiger partial charge in [0.2, 0.25) is 11.8 Å². The van der Waals surface area contributed by atoms with Gasteiger partial charge >= 0.3 is 0 Å². The molecule has 1 atom stereocenters. The molecular weight excluding hydrogens is 296 g/mol. The smallest absolute Gasteiger partial charge is 0.249 e. The number of aromatic nitrogens is 1. The van der Waals surface area contributed by atoms with Crippen molar-refractivity contribution in [3.05, 3.63) is 34.9 Å². The lowest BCUT2D eigenvalue weighted by molar-refractivity contribution is -0.135. The molecule has 5 heteroatoms. The molecule has 1 saturated heterocycles. The van der Waals surface area contributed by atoms with Crippen LogP contribution < -0.4 is 5.32 Å². The molecule has 0 aliphatic carbocycles. The van der Waals surface area contributed by atoms with Crippen LogP contribution in [-0.2, 0) is 9.59 Å². The molecule has 0 radical (unpaired) electrons. The van der Waals surface area contributed by atoms with Crippen molar-refractivity contribution >= 4 is 38.6 Å². The average Bonchev–Trinajstić information content (AvgIpc) is 2.74. The van der Waals surface area contributed by atoms with E-state index in [1.807, 2.05) is 35.0 Å². The van der Waals surface area contributed by atoms with Crippen molar-refractivity contribution in [3.63, 3.8) is 0 Å². The Morgan fingerprint density at radius 2 is 2.11 bits per heavy atom. The van der Waals surface area contributed by atoms with E-state index in [9.17, 15) is 9.59 Å². The van der Waals surface area contributed by atoms with Crippen LogP contribution in [0.25, 0.3) is 10.9 Å². The predicted octanol–water partition coefficient (Wildman–Crippen LogP) is 2.38. The van der Waals surface area contributed by atoms with Gasteiger partial charge in [0, 0.05) is 28.0 Å². The number of amides is 2. The highest BCUT2D eigenvalue weighted by Gasteiger charge is 2.28. The summed E-state index contributed by atoms with van der Waals surface area (Å²) in [4.78, 5) is 23.0. The van der Waals surface area contributed by atoms with Crippen molar-refractivity contribution in [2.75, 3.05) is 0 Å². The number of piperidine rings is 1. The minimum Gasteiger partial charge on any atom is -0.335 e. The number of hydrogen-bond acceptors (Lipinski definition) is 2. The first-order valence-electron chi connectivity index (χ1n) is 5.75. The van der Waals surface area contributed by atoms with Crippen LogP contribution in [-0.4, -0.2) is 16.4 Å². The van der Waals surface area contributed by atoms with Crippen LogP contribution in [0, 0.1) is 0 Å². The minimum atomic E-state index is -0.297. The summed E-state index contributed by atoms with van der Waals surface area (Å²) in [6, 6.07) is 7.56. The van der Waals surface area contributed by atoms with Gasteiger partial charge in [0.25, 0.3) is 0 Å². The number of nitrogens with one attached hydrogen (secondary N) is 1. The Labute approximate surface area is 112 Å². The SMILES string of the molecule is O=C1CCC(n2ccc3c(Br)cccc32)C(=O)N1. The summed E-state index contributed by atoms with van der Waals surface area (Å²) in [5.41, 5.74) is 0.999. The summed E-state index contributed by atoms with van der Waals surface area (Å²) in [6.45, 7) is 0. The Morgan fingerprint density at radius 3 is 2.89 bits per heavy atom. The van der Waals surface area contributed by atoms with Gasteiger partial charge in [-0.15, -0.1) is 0 Å². The van der Waals surface area contributed by atoms with Gasteiger partial charge in [0.05, 0.1) is 0 Å². The highest BCUT2D eigenvalue weighted by Crippen LogP contribution is 2.29. The van der Waals surface area contributed by atoms with Crippen molar-refractivity contribution in [3.8, 4) is 0 Å². The molecule has 0 spiro atoms. The van der Waals surface area contributed by atoms with Gasteiger partial charge in [-0.2, -0.15) is 0 Å². The first kappa shape index (κ1) is 11.5. The van der Waals surface area contributed by atoms with Crippen molar-refractivity contribution in [2.24, 2.45) is 0 Å². The molecule has 1 unspecified atom stereocenters. The molecule has 1 aliphatic rings. The van der Waals surface area contributed by atoms with Gasteiger partial charge in [-0.25, -0.2) is 0 Å². The summed E-state index contributed by atoms with van der Waals surface area (Å²) in [5.74, 6) is -0.405. The first-order valence-corrected chi connectivity index (χ1v) is 6.55. The topological polar surface area (TPSA) is 51.1 Å². The second kappa shape index (κ2) is 4.24. The van der Waals surface area contributed by atoms with Crippen LogP contribution in [0.5, 0.6) is 0 Å². The molecule has 0 saturated carbocycles.